The number of aromatic hydroxyl groups is 1. The molecular formula is C9H8O4. The molecule has 1 aliphatic rings. The molecule has 0 radical (unpaired) electrons. The lowest BCUT2D eigenvalue weighted by Gasteiger charge is -2.02. The SMILES string of the molecule is Cc1cc2c(cc1O)C(O)OC2=O. The number of carbonyl (C=O) groups is 1. The maximum Gasteiger partial charge on any atom is 0.341 e. The minimum Gasteiger partial charge on any atom is -0.508 e. The second-order valence-electron chi connectivity index (χ2n) is 2.98. The Labute approximate surface area is 74.4 Å². The molecule has 0 saturated heterocycles. The Kier molecular flexibility index (Phi) is 1.53. The molecule has 2 rings (SSSR count). The van der Waals surface area contributed by atoms with E-state index in [1.54, 1.807) is 6.92 Å². The van der Waals surface area contributed by atoms with Crippen molar-refractivity contribution in [2.24, 2.45) is 0 Å². The van der Waals surface area contributed by atoms with Gasteiger partial charge in [-0.3, -0.25) is 0 Å². The summed E-state index contributed by atoms with van der Waals surface area (Å²) in [7, 11) is 0. The predicted octanol–water partition coefficient (Wildman–Crippen LogP) is 0.862. The molecule has 1 unspecified atom stereocenters. The zero-order chi connectivity index (χ0) is 9.59. The number of aliphatic hydroxyl groups is 1. The summed E-state index contributed by atoms with van der Waals surface area (Å²) in [6.45, 7) is 1.67. The fourth-order valence-corrected chi connectivity index (χ4v) is 1.32. The largest absolute Gasteiger partial charge is 0.508 e. The van der Waals surface area contributed by atoms with Crippen molar-refractivity contribution in [1.82, 2.24) is 0 Å². The number of rotatable bonds is 0. The van der Waals surface area contributed by atoms with Crippen LogP contribution in [0.5, 0.6) is 5.75 Å². The first kappa shape index (κ1) is 8.07. The molecule has 1 heterocycles. The summed E-state index contributed by atoms with van der Waals surface area (Å²) in [5, 5.41) is 18.5. The second-order valence-corrected chi connectivity index (χ2v) is 2.98. The Balaban J connectivity index is 2.65. The molecule has 0 aromatic heterocycles. The van der Waals surface area contributed by atoms with Crippen LogP contribution >= 0.6 is 0 Å². The highest BCUT2D eigenvalue weighted by atomic mass is 16.6. The van der Waals surface area contributed by atoms with Gasteiger partial charge in [0.05, 0.1) is 5.56 Å². The van der Waals surface area contributed by atoms with Crippen molar-refractivity contribution < 1.29 is 19.7 Å². The Hall–Kier alpha value is -1.55. The van der Waals surface area contributed by atoms with E-state index in [2.05, 4.69) is 4.74 Å². The number of carbonyl (C=O) groups excluding carboxylic acids is 1. The van der Waals surface area contributed by atoms with Crippen LogP contribution in [0, 0.1) is 6.92 Å². The summed E-state index contributed by atoms with van der Waals surface area (Å²) in [5.41, 5.74) is 1.24. The average molecular weight is 180 g/mol. The fraction of sp³-hybridized carbons (Fsp3) is 0.222. The zero-order valence-electron chi connectivity index (χ0n) is 6.94. The van der Waals surface area contributed by atoms with Crippen molar-refractivity contribution in [2.45, 2.75) is 13.2 Å². The normalized spacial score (nSPS) is 19.8. The second kappa shape index (κ2) is 2.47. The highest BCUT2D eigenvalue weighted by Crippen LogP contribution is 2.32. The molecular weight excluding hydrogens is 172 g/mol. The number of phenolic OH excluding ortho intramolecular Hbond substituents is 1. The van der Waals surface area contributed by atoms with E-state index in [-0.39, 0.29) is 5.75 Å². The summed E-state index contributed by atoms with van der Waals surface area (Å²) in [4.78, 5) is 11.1. The molecule has 13 heavy (non-hydrogen) atoms. The third kappa shape index (κ3) is 1.07. The highest BCUT2D eigenvalue weighted by molar-refractivity contribution is 5.94. The molecule has 0 bridgehead atoms. The molecule has 0 saturated carbocycles. The molecule has 1 aliphatic heterocycles. The van der Waals surface area contributed by atoms with Gasteiger partial charge in [-0.2, -0.15) is 0 Å². The van der Waals surface area contributed by atoms with Crippen LogP contribution in [0.3, 0.4) is 0 Å². The van der Waals surface area contributed by atoms with Gasteiger partial charge in [-0.25, -0.2) is 4.79 Å². The topological polar surface area (TPSA) is 66.8 Å². The van der Waals surface area contributed by atoms with E-state index in [0.29, 0.717) is 16.7 Å². The van der Waals surface area contributed by atoms with E-state index in [1.807, 2.05) is 0 Å². The van der Waals surface area contributed by atoms with Gasteiger partial charge in [0.1, 0.15) is 5.75 Å². The average Bonchev–Trinajstić information content (AvgIpc) is 2.31. The monoisotopic (exact) mass is 180 g/mol. The minimum atomic E-state index is -1.24. The van der Waals surface area contributed by atoms with E-state index in [9.17, 15) is 15.0 Å². The summed E-state index contributed by atoms with van der Waals surface area (Å²) in [5.74, 6) is -0.498. The quantitative estimate of drug-likeness (QED) is 0.581. The molecule has 1 aromatic carbocycles. The first-order chi connectivity index (χ1) is 6.09. The van der Waals surface area contributed by atoms with E-state index < -0.39 is 12.3 Å². The van der Waals surface area contributed by atoms with Gasteiger partial charge in [0.15, 0.2) is 0 Å². The van der Waals surface area contributed by atoms with Crippen molar-refractivity contribution in [3.05, 3.63) is 28.8 Å². The van der Waals surface area contributed by atoms with Crippen LogP contribution < -0.4 is 0 Å². The van der Waals surface area contributed by atoms with Gasteiger partial charge in [0.2, 0.25) is 6.29 Å². The summed E-state index contributed by atoms with van der Waals surface area (Å²) >= 11 is 0. The number of esters is 1. The standard InChI is InChI=1S/C9H8O4/c1-4-2-5-6(3-7(4)10)9(12)13-8(5)11/h2-3,9-10,12H,1H3. The van der Waals surface area contributed by atoms with Crippen molar-refractivity contribution in [3.63, 3.8) is 0 Å². The molecule has 68 valence electrons. The van der Waals surface area contributed by atoms with Gasteiger partial charge in [0.25, 0.3) is 0 Å². The Morgan fingerprint density at radius 2 is 2.15 bits per heavy atom. The lowest BCUT2D eigenvalue weighted by molar-refractivity contribution is -0.0548. The van der Waals surface area contributed by atoms with Crippen LogP contribution in [0.4, 0.5) is 0 Å². The summed E-state index contributed by atoms with van der Waals surface area (Å²) in [6, 6.07) is 2.85. The van der Waals surface area contributed by atoms with Gasteiger partial charge >= 0.3 is 5.97 Å². The van der Waals surface area contributed by atoms with Crippen LogP contribution in [-0.4, -0.2) is 16.2 Å². The number of benzene rings is 1. The number of aliphatic hydroxyl groups excluding tert-OH is 1. The Morgan fingerprint density at radius 1 is 1.46 bits per heavy atom. The molecule has 0 amide bonds. The van der Waals surface area contributed by atoms with E-state index in [0.717, 1.165) is 0 Å². The molecule has 2 N–H and O–H groups in total. The van der Waals surface area contributed by atoms with Gasteiger partial charge in [-0.05, 0) is 24.6 Å². The summed E-state index contributed by atoms with van der Waals surface area (Å²) in [6.07, 6.45) is -1.24. The lowest BCUT2D eigenvalue weighted by Crippen LogP contribution is -1.95. The molecule has 0 fully saturated rings. The maximum absolute atomic E-state index is 11.1. The van der Waals surface area contributed by atoms with Crippen molar-refractivity contribution >= 4 is 5.97 Å². The smallest absolute Gasteiger partial charge is 0.341 e. The molecule has 0 aliphatic carbocycles. The number of ether oxygens (including phenoxy) is 1. The van der Waals surface area contributed by atoms with Crippen LogP contribution in [0.1, 0.15) is 27.8 Å². The highest BCUT2D eigenvalue weighted by Gasteiger charge is 2.30. The number of fused-ring (bicyclic) bond motifs is 1. The molecule has 4 heteroatoms. The first-order valence-corrected chi connectivity index (χ1v) is 3.82. The van der Waals surface area contributed by atoms with Crippen molar-refractivity contribution in [1.29, 1.82) is 0 Å². The third-order valence-corrected chi connectivity index (χ3v) is 2.07. The predicted molar refractivity (Wildman–Crippen MR) is 43.2 cm³/mol. The number of hydrogen-bond donors (Lipinski definition) is 2. The number of phenols is 1. The van der Waals surface area contributed by atoms with Crippen molar-refractivity contribution in [2.75, 3.05) is 0 Å². The molecule has 1 aromatic rings. The van der Waals surface area contributed by atoms with Crippen LogP contribution in [0.2, 0.25) is 0 Å². The van der Waals surface area contributed by atoms with Gasteiger partial charge in [-0.1, -0.05) is 0 Å². The third-order valence-electron chi connectivity index (χ3n) is 2.07. The van der Waals surface area contributed by atoms with Crippen molar-refractivity contribution in [3.8, 4) is 5.75 Å². The lowest BCUT2D eigenvalue weighted by atomic mass is 10.1. The van der Waals surface area contributed by atoms with E-state index in [1.165, 1.54) is 12.1 Å². The number of hydrogen-bond acceptors (Lipinski definition) is 4. The molecule has 1 atom stereocenters. The number of aryl methyl sites for hydroxylation is 1. The zero-order valence-corrected chi connectivity index (χ0v) is 6.94. The first-order valence-electron chi connectivity index (χ1n) is 3.82. The maximum atomic E-state index is 11.1. The van der Waals surface area contributed by atoms with E-state index >= 15 is 0 Å². The molecule has 4 nitrogen and oxygen atoms in total. The Bertz CT molecular complexity index is 383. The van der Waals surface area contributed by atoms with Crippen LogP contribution in [0.25, 0.3) is 0 Å². The Morgan fingerprint density at radius 3 is 2.85 bits per heavy atom. The number of cyclic esters (lactones) is 1. The van der Waals surface area contributed by atoms with Gasteiger partial charge < -0.3 is 14.9 Å². The molecule has 0 spiro atoms. The van der Waals surface area contributed by atoms with Crippen LogP contribution in [-0.2, 0) is 4.74 Å². The van der Waals surface area contributed by atoms with Gasteiger partial charge in [-0.15, -0.1) is 0 Å². The fourth-order valence-electron chi connectivity index (χ4n) is 1.32. The van der Waals surface area contributed by atoms with Gasteiger partial charge in [0, 0.05) is 5.56 Å². The minimum absolute atomic E-state index is 0.0519. The van der Waals surface area contributed by atoms with Crippen LogP contribution in [0.15, 0.2) is 12.1 Å². The summed E-state index contributed by atoms with van der Waals surface area (Å²) < 4.78 is 4.55. The van der Waals surface area contributed by atoms with E-state index in [4.69, 9.17) is 0 Å².